The molecule has 0 radical (unpaired) electrons. The molecule has 0 aliphatic rings. The molecule has 4 nitrogen and oxygen atoms in total. The Morgan fingerprint density at radius 2 is 1.71 bits per heavy atom. The lowest BCUT2D eigenvalue weighted by Crippen LogP contribution is -2.11. The number of hydrogen-bond acceptors (Lipinski definition) is 4. The SMILES string of the molecule is CCC=NOC(C)CCOc1ccc(OC(C)CC)cc1. The molecule has 0 saturated carbocycles. The molecule has 0 bridgehead atoms. The minimum absolute atomic E-state index is 0.0563. The second-order valence-electron chi connectivity index (χ2n) is 5.06. The van der Waals surface area contributed by atoms with Gasteiger partial charge in [0.2, 0.25) is 0 Å². The van der Waals surface area contributed by atoms with Crippen LogP contribution in [0.3, 0.4) is 0 Å². The number of rotatable bonds is 10. The van der Waals surface area contributed by atoms with E-state index < -0.39 is 0 Å². The average Bonchev–Trinajstić information content (AvgIpc) is 2.49. The Morgan fingerprint density at radius 1 is 1.05 bits per heavy atom. The van der Waals surface area contributed by atoms with Crippen LogP contribution in [-0.4, -0.2) is 25.0 Å². The van der Waals surface area contributed by atoms with E-state index in [9.17, 15) is 0 Å². The van der Waals surface area contributed by atoms with Gasteiger partial charge < -0.3 is 14.3 Å². The number of hydrogen-bond donors (Lipinski definition) is 0. The Kier molecular flexibility index (Phi) is 8.32. The minimum Gasteiger partial charge on any atom is -0.493 e. The fourth-order valence-corrected chi connectivity index (χ4v) is 1.55. The topological polar surface area (TPSA) is 40.0 Å². The fraction of sp³-hybridized carbons (Fsp3) is 0.588. The Bertz CT molecular complexity index is 403. The third-order valence-corrected chi connectivity index (χ3v) is 3.03. The maximum atomic E-state index is 5.72. The molecule has 4 heteroatoms. The normalized spacial score (nSPS) is 13.9. The summed E-state index contributed by atoms with van der Waals surface area (Å²) in [5, 5.41) is 3.87. The Morgan fingerprint density at radius 3 is 2.33 bits per heavy atom. The summed E-state index contributed by atoms with van der Waals surface area (Å²) in [6, 6.07) is 7.73. The molecule has 2 atom stereocenters. The van der Waals surface area contributed by atoms with Crippen LogP contribution in [0.1, 0.15) is 47.0 Å². The first-order chi connectivity index (χ1) is 10.2. The molecule has 0 aliphatic carbocycles. The highest BCUT2D eigenvalue weighted by Crippen LogP contribution is 2.19. The number of benzene rings is 1. The van der Waals surface area contributed by atoms with Crippen molar-refractivity contribution in [3.63, 3.8) is 0 Å². The van der Waals surface area contributed by atoms with Crippen LogP contribution in [0.15, 0.2) is 29.4 Å². The third-order valence-electron chi connectivity index (χ3n) is 3.03. The van der Waals surface area contributed by atoms with E-state index in [0.717, 1.165) is 30.8 Å². The van der Waals surface area contributed by atoms with Gasteiger partial charge in [0, 0.05) is 12.6 Å². The van der Waals surface area contributed by atoms with E-state index in [1.165, 1.54) is 0 Å². The van der Waals surface area contributed by atoms with E-state index in [2.05, 4.69) is 19.0 Å². The maximum absolute atomic E-state index is 5.72. The van der Waals surface area contributed by atoms with Crippen LogP contribution in [0, 0.1) is 0 Å². The lowest BCUT2D eigenvalue weighted by Gasteiger charge is -2.13. The highest BCUT2D eigenvalue weighted by Gasteiger charge is 2.04. The second-order valence-corrected chi connectivity index (χ2v) is 5.06. The largest absolute Gasteiger partial charge is 0.493 e. The average molecular weight is 293 g/mol. The van der Waals surface area contributed by atoms with Gasteiger partial charge in [-0.25, -0.2) is 0 Å². The smallest absolute Gasteiger partial charge is 0.128 e. The summed E-state index contributed by atoms with van der Waals surface area (Å²) in [6.45, 7) is 8.78. The monoisotopic (exact) mass is 293 g/mol. The molecular weight excluding hydrogens is 266 g/mol. The van der Waals surface area contributed by atoms with Crippen molar-refractivity contribution in [2.45, 2.75) is 59.2 Å². The summed E-state index contributed by atoms with van der Waals surface area (Å²) in [5.41, 5.74) is 0. The van der Waals surface area contributed by atoms with Crippen molar-refractivity contribution < 1.29 is 14.3 Å². The molecule has 0 saturated heterocycles. The van der Waals surface area contributed by atoms with Crippen LogP contribution in [0.4, 0.5) is 0 Å². The molecule has 1 aromatic rings. The molecule has 0 heterocycles. The van der Waals surface area contributed by atoms with Gasteiger partial charge in [-0.2, -0.15) is 0 Å². The second kappa shape index (κ2) is 10.1. The summed E-state index contributed by atoms with van der Waals surface area (Å²) in [7, 11) is 0. The zero-order valence-corrected chi connectivity index (χ0v) is 13.5. The molecule has 0 aliphatic heterocycles. The minimum atomic E-state index is 0.0563. The van der Waals surface area contributed by atoms with Crippen LogP contribution in [0.25, 0.3) is 0 Å². The first kappa shape index (κ1) is 17.3. The van der Waals surface area contributed by atoms with Crippen LogP contribution in [-0.2, 0) is 4.84 Å². The van der Waals surface area contributed by atoms with Crippen LogP contribution in [0.5, 0.6) is 11.5 Å². The van der Waals surface area contributed by atoms with Gasteiger partial charge in [0.15, 0.2) is 0 Å². The summed E-state index contributed by atoms with van der Waals surface area (Å²) >= 11 is 0. The van der Waals surface area contributed by atoms with E-state index in [4.69, 9.17) is 14.3 Å². The summed E-state index contributed by atoms with van der Waals surface area (Å²) < 4.78 is 11.4. The first-order valence-corrected chi connectivity index (χ1v) is 7.72. The number of nitrogens with zero attached hydrogens (tertiary/aromatic N) is 1. The van der Waals surface area contributed by atoms with E-state index in [1.54, 1.807) is 6.21 Å². The van der Waals surface area contributed by atoms with Crippen molar-refractivity contribution in [1.82, 2.24) is 0 Å². The lowest BCUT2D eigenvalue weighted by molar-refractivity contribution is 0.0565. The summed E-state index contributed by atoms with van der Waals surface area (Å²) in [5.74, 6) is 1.72. The van der Waals surface area contributed by atoms with E-state index in [-0.39, 0.29) is 12.2 Å². The highest BCUT2D eigenvalue weighted by molar-refractivity contribution is 5.55. The molecule has 0 spiro atoms. The lowest BCUT2D eigenvalue weighted by atomic mass is 10.3. The standard InChI is InChI=1S/C17H27NO3/c1-5-12-18-21-15(4)11-13-19-16-7-9-17(10-8-16)20-14(3)6-2/h7-10,12,14-15H,5-6,11,13H2,1-4H3. The van der Waals surface area contributed by atoms with Crippen molar-refractivity contribution in [2.24, 2.45) is 5.16 Å². The van der Waals surface area contributed by atoms with Crippen LogP contribution in [0.2, 0.25) is 0 Å². The third kappa shape index (κ3) is 7.59. The Hall–Kier alpha value is -1.71. The predicted octanol–water partition coefficient (Wildman–Crippen LogP) is 4.43. The molecule has 118 valence electrons. The molecule has 0 fully saturated rings. The number of ether oxygens (including phenoxy) is 2. The van der Waals surface area contributed by atoms with Gasteiger partial charge in [0.1, 0.15) is 17.6 Å². The molecule has 0 N–H and O–H groups in total. The van der Waals surface area contributed by atoms with Gasteiger partial charge in [0.25, 0.3) is 0 Å². The predicted molar refractivity (Wildman–Crippen MR) is 86.3 cm³/mol. The Labute approximate surface area is 128 Å². The maximum Gasteiger partial charge on any atom is 0.128 e. The van der Waals surface area contributed by atoms with Crippen molar-refractivity contribution >= 4 is 6.21 Å². The molecule has 2 unspecified atom stereocenters. The fourth-order valence-electron chi connectivity index (χ4n) is 1.55. The highest BCUT2D eigenvalue weighted by atomic mass is 16.6. The zero-order chi connectivity index (χ0) is 15.5. The molecule has 1 rings (SSSR count). The van der Waals surface area contributed by atoms with Crippen LogP contribution >= 0.6 is 0 Å². The summed E-state index contributed by atoms with van der Waals surface area (Å²) in [6.07, 6.45) is 4.73. The van der Waals surface area contributed by atoms with Crippen molar-refractivity contribution in [3.05, 3.63) is 24.3 Å². The molecule has 0 aromatic heterocycles. The van der Waals surface area contributed by atoms with Gasteiger partial charge in [0.05, 0.1) is 12.7 Å². The van der Waals surface area contributed by atoms with Crippen molar-refractivity contribution in [1.29, 1.82) is 0 Å². The van der Waals surface area contributed by atoms with E-state index in [1.807, 2.05) is 38.1 Å². The van der Waals surface area contributed by atoms with E-state index in [0.29, 0.717) is 6.61 Å². The molecule has 21 heavy (non-hydrogen) atoms. The molecule has 1 aromatic carbocycles. The summed E-state index contributed by atoms with van der Waals surface area (Å²) in [4.78, 5) is 5.26. The van der Waals surface area contributed by atoms with Gasteiger partial charge in [-0.1, -0.05) is 19.0 Å². The Balaban J connectivity index is 2.27. The van der Waals surface area contributed by atoms with Crippen LogP contribution < -0.4 is 9.47 Å². The van der Waals surface area contributed by atoms with Gasteiger partial charge >= 0.3 is 0 Å². The number of oxime groups is 1. The zero-order valence-electron chi connectivity index (χ0n) is 13.5. The van der Waals surface area contributed by atoms with Gasteiger partial charge in [-0.05, 0) is 51.0 Å². The van der Waals surface area contributed by atoms with Gasteiger partial charge in [-0.3, -0.25) is 0 Å². The quantitative estimate of drug-likeness (QED) is 0.473. The molecular formula is C17H27NO3. The van der Waals surface area contributed by atoms with Crippen molar-refractivity contribution in [2.75, 3.05) is 6.61 Å². The molecule has 0 amide bonds. The van der Waals surface area contributed by atoms with E-state index >= 15 is 0 Å². The van der Waals surface area contributed by atoms with Gasteiger partial charge in [-0.15, -0.1) is 0 Å². The first-order valence-electron chi connectivity index (χ1n) is 7.72. The van der Waals surface area contributed by atoms with Crippen molar-refractivity contribution in [3.8, 4) is 11.5 Å².